The normalized spacial score (nSPS) is 9.64. The number of ether oxygens (including phenoxy) is 1. The highest BCUT2D eigenvalue weighted by atomic mass is 32.2. The van der Waals surface area contributed by atoms with Crippen LogP contribution in [-0.2, 0) is 5.75 Å². The highest BCUT2D eigenvalue weighted by Gasteiger charge is 1.91. The van der Waals surface area contributed by atoms with E-state index in [4.69, 9.17) is 4.74 Å². The Morgan fingerprint density at radius 3 is 2.36 bits per heavy atom. The molecule has 0 aromatic heterocycles. The van der Waals surface area contributed by atoms with E-state index in [1.165, 1.54) is 5.56 Å². The molecule has 1 aromatic rings. The Morgan fingerprint density at radius 1 is 1.27 bits per heavy atom. The number of methoxy groups -OCH3 is 1. The zero-order valence-electron chi connectivity index (χ0n) is 6.83. The van der Waals surface area contributed by atoms with Crippen LogP contribution in [0.25, 0.3) is 0 Å². The fourth-order valence-corrected chi connectivity index (χ4v) is 1.41. The van der Waals surface area contributed by atoms with Gasteiger partial charge < -0.3 is 4.74 Å². The van der Waals surface area contributed by atoms with Crippen molar-refractivity contribution < 1.29 is 4.74 Å². The smallest absolute Gasteiger partial charge is 0.118 e. The monoisotopic (exact) mass is 168 g/mol. The molecule has 0 spiro atoms. The van der Waals surface area contributed by atoms with E-state index in [-0.39, 0.29) is 0 Å². The summed E-state index contributed by atoms with van der Waals surface area (Å²) in [5.74, 6) is 2.00. The van der Waals surface area contributed by atoms with Crippen molar-refractivity contribution in [1.29, 1.82) is 0 Å². The van der Waals surface area contributed by atoms with E-state index in [0.717, 1.165) is 11.5 Å². The van der Waals surface area contributed by atoms with Crippen molar-refractivity contribution in [2.45, 2.75) is 5.75 Å². The number of rotatable bonds is 3. The molecule has 0 atom stereocenters. The molecular formula is C9H12OS. The first-order valence-corrected chi connectivity index (χ1v) is 4.88. The molecule has 0 unspecified atom stereocenters. The molecule has 0 aliphatic carbocycles. The lowest BCUT2D eigenvalue weighted by molar-refractivity contribution is 0.414. The Hall–Kier alpha value is -0.630. The van der Waals surface area contributed by atoms with Crippen LogP contribution in [-0.4, -0.2) is 13.4 Å². The van der Waals surface area contributed by atoms with Gasteiger partial charge in [0.05, 0.1) is 7.11 Å². The quantitative estimate of drug-likeness (QED) is 0.686. The van der Waals surface area contributed by atoms with E-state index in [2.05, 4.69) is 18.4 Å². The summed E-state index contributed by atoms with van der Waals surface area (Å²) in [5.41, 5.74) is 1.35. The summed E-state index contributed by atoms with van der Waals surface area (Å²) in [6.07, 6.45) is 2.10. The zero-order valence-corrected chi connectivity index (χ0v) is 7.65. The molecule has 0 bridgehead atoms. The molecular weight excluding hydrogens is 156 g/mol. The molecule has 11 heavy (non-hydrogen) atoms. The van der Waals surface area contributed by atoms with Crippen molar-refractivity contribution in [3.8, 4) is 5.75 Å². The second-order valence-electron chi connectivity index (χ2n) is 2.28. The maximum Gasteiger partial charge on any atom is 0.118 e. The van der Waals surface area contributed by atoms with Crippen LogP contribution in [0, 0.1) is 0 Å². The van der Waals surface area contributed by atoms with Gasteiger partial charge in [0, 0.05) is 5.75 Å². The van der Waals surface area contributed by atoms with Gasteiger partial charge in [-0.2, -0.15) is 11.8 Å². The van der Waals surface area contributed by atoms with Gasteiger partial charge in [-0.1, -0.05) is 12.1 Å². The van der Waals surface area contributed by atoms with Crippen molar-refractivity contribution in [3.63, 3.8) is 0 Å². The van der Waals surface area contributed by atoms with Crippen LogP contribution < -0.4 is 4.74 Å². The third-order valence-corrected chi connectivity index (χ3v) is 2.09. The van der Waals surface area contributed by atoms with Gasteiger partial charge in [0.2, 0.25) is 0 Å². The summed E-state index contributed by atoms with van der Waals surface area (Å²) < 4.78 is 5.04. The molecule has 0 radical (unpaired) electrons. The molecule has 0 saturated heterocycles. The number of hydrogen-bond donors (Lipinski definition) is 0. The minimum Gasteiger partial charge on any atom is -0.497 e. The first kappa shape index (κ1) is 8.47. The van der Waals surface area contributed by atoms with Gasteiger partial charge in [0.25, 0.3) is 0 Å². The first-order valence-electron chi connectivity index (χ1n) is 3.48. The van der Waals surface area contributed by atoms with E-state index in [9.17, 15) is 0 Å². The van der Waals surface area contributed by atoms with Crippen molar-refractivity contribution in [2.24, 2.45) is 0 Å². The molecule has 0 amide bonds. The van der Waals surface area contributed by atoms with Crippen molar-refractivity contribution in [1.82, 2.24) is 0 Å². The second-order valence-corrected chi connectivity index (χ2v) is 3.15. The predicted octanol–water partition coefficient (Wildman–Crippen LogP) is 2.56. The Morgan fingerprint density at radius 2 is 1.91 bits per heavy atom. The first-order chi connectivity index (χ1) is 5.36. The molecule has 60 valence electrons. The highest BCUT2D eigenvalue weighted by molar-refractivity contribution is 7.97. The fraction of sp³-hybridized carbons (Fsp3) is 0.333. The Kier molecular flexibility index (Phi) is 3.30. The largest absolute Gasteiger partial charge is 0.497 e. The predicted molar refractivity (Wildman–Crippen MR) is 50.2 cm³/mol. The van der Waals surface area contributed by atoms with Gasteiger partial charge in [-0.25, -0.2) is 0 Å². The van der Waals surface area contributed by atoms with Crippen LogP contribution in [0.5, 0.6) is 5.75 Å². The van der Waals surface area contributed by atoms with Crippen molar-refractivity contribution in [2.75, 3.05) is 13.4 Å². The van der Waals surface area contributed by atoms with Gasteiger partial charge >= 0.3 is 0 Å². The van der Waals surface area contributed by atoms with E-state index in [1.54, 1.807) is 7.11 Å². The number of hydrogen-bond acceptors (Lipinski definition) is 2. The number of benzene rings is 1. The Bertz CT molecular complexity index is 205. The van der Waals surface area contributed by atoms with Gasteiger partial charge in [-0.05, 0) is 24.0 Å². The van der Waals surface area contributed by atoms with Gasteiger partial charge in [0.1, 0.15) is 5.75 Å². The molecule has 1 rings (SSSR count). The number of thioether (sulfide) groups is 1. The molecule has 0 saturated carbocycles. The summed E-state index contributed by atoms with van der Waals surface area (Å²) in [6, 6.07) is 8.17. The Balaban J connectivity index is 2.66. The minimum absolute atomic E-state index is 0.926. The summed E-state index contributed by atoms with van der Waals surface area (Å²) in [4.78, 5) is 0. The second kappa shape index (κ2) is 4.29. The molecule has 1 nitrogen and oxygen atoms in total. The van der Waals surface area contributed by atoms with E-state index < -0.39 is 0 Å². The molecule has 2 heteroatoms. The van der Waals surface area contributed by atoms with Gasteiger partial charge in [-0.15, -0.1) is 0 Å². The van der Waals surface area contributed by atoms with Crippen LogP contribution in [0.1, 0.15) is 5.56 Å². The van der Waals surface area contributed by atoms with E-state index in [0.29, 0.717) is 0 Å². The lowest BCUT2D eigenvalue weighted by atomic mass is 10.2. The minimum atomic E-state index is 0.926. The summed E-state index contributed by atoms with van der Waals surface area (Å²) >= 11 is 1.83. The lowest BCUT2D eigenvalue weighted by Gasteiger charge is -2.00. The van der Waals surface area contributed by atoms with Crippen LogP contribution >= 0.6 is 11.8 Å². The zero-order chi connectivity index (χ0) is 8.10. The molecule has 0 fully saturated rings. The van der Waals surface area contributed by atoms with Crippen molar-refractivity contribution >= 4 is 11.8 Å². The molecule has 0 aliphatic heterocycles. The summed E-state index contributed by atoms with van der Waals surface area (Å²) in [7, 11) is 1.68. The third-order valence-electron chi connectivity index (χ3n) is 1.47. The summed E-state index contributed by atoms with van der Waals surface area (Å²) in [5, 5.41) is 0. The third kappa shape index (κ3) is 2.46. The fourth-order valence-electron chi connectivity index (χ4n) is 0.888. The molecule has 0 aliphatic rings. The highest BCUT2D eigenvalue weighted by Crippen LogP contribution is 2.14. The summed E-state index contributed by atoms with van der Waals surface area (Å²) in [6.45, 7) is 0. The van der Waals surface area contributed by atoms with Crippen molar-refractivity contribution in [3.05, 3.63) is 29.8 Å². The van der Waals surface area contributed by atoms with Crippen LogP contribution in [0.15, 0.2) is 24.3 Å². The van der Waals surface area contributed by atoms with Crippen LogP contribution in [0.4, 0.5) is 0 Å². The molecule has 1 aromatic carbocycles. The van der Waals surface area contributed by atoms with Crippen LogP contribution in [0.3, 0.4) is 0 Å². The van der Waals surface area contributed by atoms with E-state index in [1.807, 2.05) is 23.9 Å². The van der Waals surface area contributed by atoms with Crippen LogP contribution in [0.2, 0.25) is 0 Å². The lowest BCUT2D eigenvalue weighted by Crippen LogP contribution is -1.83. The maximum absolute atomic E-state index is 5.04. The maximum atomic E-state index is 5.04. The van der Waals surface area contributed by atoms with E-state index >= 15 is 0 Å². The molecule has 0 heterocycles. The topological polar surface area (TPSA) is 9.23 Å². The average molecular weight is 168 g/mol. The van der Waals surface area contributed by atoms with Gasteiger partial charge in [0.15, 0.2) is 0 Å². The average Bonchev–Trinajstić information content (AvgIpc) is 2.07. The molecule has 0 N–H and O–H groups in total. The standard InChI is InChI=1S/C9H12OS/c1-10-9-5-3-8(4-6-9)7-11-2/h3-6H,7H2,1-2H3. The Labute approximate surface area is 71.8 Å². The SMILES string of the molecule is COc1ccc(CSC)cc1. The van der Waals surface area contributed by atoms with Gasteiger partial charge in [-0.3, -0.25) is 0 Å².